The zero-order chi connectivity index (χ0) is 15.6. The summed E-state index contributed by atoms with van der Waals surface area (Å²) in [6.45, 7) is 5.28. The second-order valence-corrected chi connectivity index (χ2v) is 6.23. The molecule has 2 aromatic rings. The second kappa shape index (κ2) is 6.20. The summed E-state index contributed by atoms with van der Waals surface area (Å²) in [5, 5.41) is 1.03. The highest BCUT2D eigenvalue weighted by atomic mass is 16.5. The van der Waals surface area contributed by atoms with Crippen LogP contribution in [0.5, 0.6) is 0 Å². The molecule has 1 N–H and O–H groups in total. The number of pyridine rings is 2. The van der Waals surface area contributed by atoms with Crippen molar-refractivity contribution in [2.75, 3.05) is 49.2 Å². The number of morpholine rings is 1. The van der Waals surface area contributed by atoms with Gasteiger partial charge in [-0.05, 0) is 25.3 Å². The van der Waals surface area contributed by atoms with E-state index >= 15 is 0 Å². The van der Waals surface area contributed by atoms with E-state index < -0.39 is 0 Å². The van der Waals surface area contributed by atoms with Crippen LogP contribution in [0.25, 0.3) is 11.0 Å². The van der Waals surface area contributed by atoms with Gasteiger partial charge < -0.3 is 19.5 Å². The molecule has 2 aliphatic rings. The number of anilines is 2. The average Bonchev–Trinajstić information content (AvgIpc) is 2.62. The largest absolute Gasteiger partial charge is 0.378 e. The first-order chi connectivity index (χ1) is 11.3. The molecule has 4 heterocycles. The fraction of sp³-hybridized carbons (Fsp3) is 0.529. The SMILES string of the molecule is O=c1ccc2c(N3CCCCC3)cc(N3CCOCC3)nc2[nH]1. The molecule has 23 heavy (non-hydrogen) atoms. The van der Waals surface area contributed by atoms with Crippen molar-refractivity contribution in [3.63, 3.8) is 0 Å². The molecule has 2 saturated heterocycles. The van der Waals surface area contributed by atoms with E-state index in [4.69, 9.17) is 9.72 Å². The van der Waals surface area contributed by atoms with Crippen LogP contribution in [0, 0.1) is 0 Å². The van der Waals surface area contributed by atoms with Gasteiger partial charge in [-0.15, -0.1) is 0 Å². The lowest BCUT2D eigenvalue weighted by Crippen LogP contribution is -2.37. The monoisotopic (exact) mass is 314 g/mol. The first-order valence-electron chi connectivity index (χ1n) is 8.43. The van der Waals surface area contributed by atoms with E-state index in [1.54, 1.807) is 6.07 Å². The molecular weight excluding hydrogens is 292 g/mol. The van der Waals surface area contributed by atoms with Crippen molar-refractivity contribution >= 4 is 22.5 Å². The Kier molecular flexibility index (Phi) is 3.91. The molecule has 4 rings (SSSR count). The van der Waals surface area contributed by atoms with E-state index in [-0.39, 0.29) is 5.56 Å². The minimum absolute atomic E-state index is 0.103. The van der Waals surface area contributed by atoms with Crippen molar-refractivity contribution in [1.29, 1.82) is 0 Å². The van der Waals surface area contributed by atoms with E-state index in [1.807, 2.05) is 6.07 Å². The summed E-state index contributed by atoms with van der Waals surface area (Å²) < 4.78 is 5.44. The third-order valence-corrected chi connectivity index (χ3v) is 4.70. The van der Waals surface area contributed by atoms with Crippen LogP contribution in [0.3, 0.4) is 0 Å². The number of piperidine rings is 1. The van der Waals surface area contributed by atoms with Crippen LogP contribution in [0.2, 0.25) is 0 Å². The summed E-state index contributed by atoms with van der Waals surface area (Å²) in [5.41, 5.74) is 1.77. The third kappa shape index (κ3) is 2.91. The average molecular weight is 314 g/mol. The van der Waals surface area contributed by atoms with Crippen molar-refractivity contribution in [2.45, 2.75) is 19.3 Å². The minimum Gasteiger partial charge on any atom is -0.378 e. The van der Waals surface area contributed by atoms with Crippen LogP contribution in [0.15, 0.2) is 23.0 Å². The number of hydrogen-bond donors (Lipinski definition) is 1. The van der Waals surface area contributed by atoms with Gasteiger partial charge in [0.25, 0.3) is 0 Å². The second-order valence-electron chi connectivity index (χ2n) is 6.23. The van der Waals surface area contributed by atoms with Crippen molar-refractivity contribution in [1.82, 2.24) is 9.97 Å². The van der Waals surface area contributed by atoms with Gasteiger partial charge in [0.2, 0.25) is 5.56 Å². The zero-order valence-corrected chi connectivity index (χ0v) is 13.3. The van der Waals surface area contributed by atoms with E-state index in [1.165, 1.54) is 24.9 Å². The molecule has 2 aromatic heterocycles. The van der Waals surface area contributed by atoms with Gasteiger partial charge in [-0.2, -0.15) is 0 Å². The van der Waals surface area contributed by atoms with Crippen LogP contribution >= 0.6 is 0 Å². The van der Waals surface area contributed by atoms with Gasteiger partial charge in [0.15, 0.2) is 0 Å². The molecule has 0 aromatic carbocycles. The number of nitrogens with one attached hydrogen (secondary N) is 1. The van der Waals surface area contributed by atoms with Crippen LogP contribution in [0.1, 0.15) is 19.3 Å². The highest BCUT2D eigenvalue weighted by Crippen LogP contribution is 2.30. The fourth-order valence-electron chi connectivity index (χ4n) is 3.46. The maximum absolute atomic E-state index is 11.7. The summed E-state index contributed by atoms with van der Waals surface area (Å²) in [7, 11) is 0. The summed E-state index contributed by atoms with van der Waals surface area (Å²) in [6.07, 6.45) is 3.74. The van der Waals surface area contributed by atoms with Gasteiger partial charge in [-0.3, -0.25) is 4.79 Å². The molecule has 6 heteroatoms. The predicted molar refractivity (Wildman–Crippen MR) is 91.5 cm³/mol. The number of rotatable bonds is 2. The maximum Gasteiger partial charge on any atom is 0.249 e. The topological polar surface area (TPSA) is 61.5 Å². The Morgan fingerprint density at radius 3 is 2.57 bits per heavy atom. The Morgan fingerprint density at radius 2 is 1.78 bits per heavy atom. The van der Waals surface area contributed by atoms with Gasteiger partial charge in [-0.25, -0.2) is 4.98 Å². The molecule has 0 amide bonds. The number of aromatic amines is 1. The molecule has 0 unspecified atom stereocenters. The molecule has 122 valence electrons. The molecule has 0 saturated carbocycles. The Morgan fingerprint density at radius 1 is 1.00 bits per heavy atom. The van der Waals surface area contributed by atoms with Crippen LogP contribution < -0.4 is 15.4 Å². The molecule has 0 atom stereocenters. The van der Waals surface area contributed by atoms with E-state index in [0.717, 1.165) is 50.6 Å². The standard InChI is InChI=1S/C17H22N4O2/c22-16-5-4-13-14(20-6-2-1-3-7-20)12-15(18-17(13)19-16)21-8-10-23-11-9-21/h4-5,12H,1-3,6-11H2,(H,18,19,22). The van der Waals surface area contributed by atoms with Crippen molar-refractivity contribution < 1.29 is 4.74 Å². The summed E-state index contributed by atoms with van der Waals surface area (Å²) in [4.78, 5) is 24.0. The van der Waals surface area contributed by atoms with Gasteiger partial charge in [0.1, 0.15) is 11.5 Å². The number of hydrogen-bond acceptors (Lipinski definition) is 5. The smallest absolute Gasteiger partial charge is 0.249 e. The molecular formula is C17H22N4O2. The lowest BCUT2D eigenvalue weighted by atomic mass is 10.1. The summed E-state index contributed by atoms with van der Waals surface area (Å²) in [5.74, 6) is 0.934. The molecule has 6 nitrogen and oxygen atoms in total. The number of fused-ring (bicyclic) bond motifs is 1. The fourth-order valence-corrected chi connectivity index (χ4v) is 3.46. The Balaban J connectivity index is 1.82. The number of ether oxygens (including phenoxy) is 1. The third-order valence-electron chi connectivity index (χ3n) is 4.70. The van der Waals surface area contributed by atoms with Gasteiger partial charge in [0, 0.05) is 43.7 Å². The van der Waals surface area contributed by atoms with E-state index in [2.05, 4.69) is 20.9 Å². The van der Waals surface area contributed by atoms with Crippen LogP contribution in [-0.2, 0) is 4.74 Å². The first-order valence-corrected chi connectivity index (χ1v) is 8.43. The molecule has 0 radical (unpaired) electrons. The van der Waals surface area contributed by atoms with Gasteiger partial charge in [-0.1, -0.05) is 0 Å². The first kappa shape index (κ1) is 14.5. The minimum atomic E-state index is -0.103. The lowest BCUT2D eigenvalue weighted by molar-refractivity contribution is 0.122. The zero-order valence-electron chi connectivity index (χ0n) is 13.3. The molecule has 0 bridgehead atoms. The Labute approximate surface area is 135 Å². The highest BCUT2D eigenvalue weighted by Gasteiger charge is 2.19. The highest BCUT2D eigenvalue weighted by molar-refractivity contribution is 5.91. The lowest BCUT2D eigenvalue weighted by Gasteiger charge is -2.32. The van der Waals surface area contributed by atoms with Crippen molar-refractivity contribution in [3.05, 3.63) is 28.6 Å². The molecule has 0 spiro atoms. The van der Waals surface area contributed by atoms with Gasteiger partial charge in [0.05, 0.1) is 18.9 Å². The quantitative estimate of drug-likeness (QED) is 0.915. The summed E-state index contributed by atoms with van der Waals surface area (Å²) >= 11 is 0. The van der Waals surface area contributed by atoms with E-state index in [9.17, 15) is 4.79 Å². The number of nitrogens with zero attached hydrogens (tertiary/aromatic N) is 3. The molecule has 2 aliphatic heterocycles. The molecule has 2 fully saturated rings. The Hall–Kier alpha value is -2.08. The number of H-pyrrole nitrogens is 1. The maximum atomic E-state index is 11.7. The summed E-state index contributed by atoms with van der Waals surface area (Å²) in [6, 6.07) is 5.66. The van der Waals surface area contributed by atoms with Gasteiger partial charge >= 0.3 is 0 Å². The van der Waals surface area contributed by atoms with E-state index in [0.29, 0.717) is 5.65 Å². The predicted octanol–water partition coefficient (Wildman–Crippen LogP) is 1.75. The normalized spacial score (nSPS) is 19.3. The van der Waals surface area contributed by atoms with Crippen molar-refractivity contribution in [3.8, 4) is 0 Å². The van der Waals surface area contributed by atoms with Crippen LogP contribution in [0.4, 0.5) is 11.5 Å². The van der Waals surface area contributed by atoms with Crippen LogP contribution in [-0.4, -0.2) is 49.4 Å². The Bertz CT molecular complexity index is 746. The van der Waals surface area contributed by atoms with Crippen molar-refractivity contribution in [2.24, 2.45) is 0 Å². The molecule has 0 aliphatic carbocycles. The number of aromatic nitrogens is 2.